The van der Waals surface area contributed by atoms with Crippen molar-refractivity contribution < 1.29 is 28.5 Å². The van der Waals surface area contributed by atoms with E-state index in [9.17, 15) is 9.59 Å². The van der Waals surface area contributed by atoms with E-state index in [1.807, 2.05) is 6.92 Å². The summed E-state index contributed by atoms with van der Waals surface area (Å²) in [6, 6.07) is 6.44. The van der Waals surface area contributed by atoms with Crippen LogP contribution in [0.2, 0.25) is 0 Å². The van der Waals surface area contributed by atoms with Gasteiger partial charge in [0.1, 0.15) is 13.2 Å². The third-order valence-corrected chi connectivity index (χ3v) is 4.86. The molecule has 1 aromatic rings. The van der Waals surface area contributed by atoms with Gasteiger partial charge < -0.3 is 18.9 Å². The number of carbonyl (C=O) groups is 2. The summed E-state index contributed by atoms with van der Waals surface area (Å²) in [5.74, 6) is -0.881. The zero-order valence-corrected chi connectivity index (χ0v) is 14.7. The number of esters is 2. The third-order valence-electron chi connectivity index (χ3n) is 4.86. The maximum absolute atomic E-state index is 12.3. The van der Waals surface area contributed by atoms with Gasteiger partial charge in [-0.05, 0) is 24.6 Å². The predicted molar refractivity (Wildman–Crippen MR) is 89.5 cm³/mol. The van der Waals surface area contributed by atoms with Gasteiger partial charge in [-0.25, -0.2) is 9.59 Å². The number of benzene rings is 1. The van der Waals surface area contributed by atoms with Crippen molar-refractivity contribution in [1.29, 1.82) is 0 Å². The number of ether oxygens (including phenoxy) is 4. The molecule has 0 radical (unpaired) electrons. The van der Waals surface area contributed by atoms with Crippen molar-refractivity contribution in [2.45, 2.75) is 20.3 Å². The Morgan fingerprint density at radius 1 is 1.00 bits per heavy atom. The number of hydrogen-bond donors (Lipinski definition) is 0. The van der Waals surface area contributed by atoms with Gasteiger partial charge in [0, 0.05) is 5.41 Å². The van der Waals surface area contributed by atoms with Crippen LogP contribution in [0.5, 0.6) is 0 Å². The fraction of sp³-hybridized carbons (Fsp3) is 0.579. The minimum atomic E-state index is -0.444. The van der Waals surface area contributed by atoms with Crippen molar-refractivity contribution in [2.24, 2.45) is 10.8 Å². The van der Waals surface area contributed by atoms with Crippen molar-refractivity contribution in [3.05, 3.63) is 35.4 Å². The molecule has 0 N–H and O–H groups in total. The van der Waals surface area contributed by atoms with Gasteiger partial charge in [-0.2, -0.15) is 0 Å². The molecule has 0 atom stereocenters. The van der Waals surface area contributed by atoms with E-state index in [1.54, 1.807) is 18.2 Å². The molecule has 3 rings (SSSR count). The fourth-order valence-corrected chi connectivity index (χ4v) is 2.71. The lowest BCUT2D eigenvalue weighted by atomic mass is 9.84. The van der Waals surface area contributed by atoms with Crippen LogP contribution < -0.4 is 0 Å². The van der Waals surface area contributed by atoms with Gasteiger partial charge in [-0.1, -0.05) is 19.9 Å². The van der Waals surface area contributed by atoms with Gasteiger partial charge >= 0.3 is 11.9 Å². The molecule has 0 amide bonds. The van der Waals surface area contributed by atoms with Gasteiger partial charge in [0.05, 0.1) is 43.0 Å². The van der Waals surface area contributed by atoms with E-state index in [0.717, 1.165) is 6.42 Å². The summed E-state index contributed by atoms with van der Waals surface area (Å²) < 4.78 is 21.1. The highest BCUT2D eigenvalue weighted by molar-refractivity contribution is 5.95. The van der Waals surface area contributed by atoms with E-state index in [-0.39, 0.29) is 10.8 Å². The van der Waals surface area contributed by atoms with Crippen LogP contribution in [0.15, 0.2) is 24.3 Å². The summed E-state index contributed by atoms with van der Waals surface area (Å²) in [5.41, 5.74) is 0.521. The average Bonchev–Trinajstić information content (AvgIpc) is 2.57. The zero-order valence-electron chi connectivity index (χ0n) is 14.7. The second-order valence-electron chi connectivity index (χ2n) is 7.38. The van der Waals surface area contributed by atoms with Gasteiger partial charge in [-0.3, -0.25) is 0 Å². The maximum atomic E-state index is 12.3. The van der Waals surface area contributed by atoms with Crippen LogP contribution in [0, 0.1) is 10.8 Å². The molecule has 6 nitrogen and oxygen atoms in total. The second kappa shape index (κ2) is 7.14. The van der Waals surface area contributed by atoms with Gasteiger partial charge in [-0.15, -0.1) is 0 Å². The second-order valence-corrected chi connectivity index (χ2v) is 7.38. The first kappa shape index (κ1) is 17.9. The van der Waals surface area contributed by atoms with Crippen LogP contribution in [-0.4, -0.2) is 51.6 Å². The van der Waals surface area contributed by atoms with Crippen LogP contribution in [0.4, 0.5) is 0 Å². The minimum Gasteiger partial charge on any atom is -0.461 e. The van der Waals surface area contributed by atoms with Crippen LogP contribution in [0.1, 0.15) is 41.0 Å². The smallest absolute Gasteiger partial charge is 0.338 e. The normalized spacial score (nSPS) is 20.1. The fourth-order valence-electron chi connectivity index (χ4n) is 2.71. The Morgan fingerprint density at radius 2 is 1.56 bits per heavy atom. The van der Waals surface area contributed by atoms with Crippen molar-refractivity contribution in [2.75, 3.05) is 39.6 Å². The number of carbonyl (C=O) groups excluding carboxylic acids is 2. The largest absolute Gasteiger partial charge is 0.461 e. The first-order valence-electron chi connectivity index (χ1n) is 8.55. The minimum absolute atomic E-state index is 0.0630. The Bertz CT molecular complexity index is 640. The Balaban J connectivity index is 1.56. The highest BCUT2D eigenvalue weighted by Gasteiger charge is 2.38. The molecule has 0 aromatic heterocycles. The monoisotopic (exact) mass is 348 g/mol. The first-order chi connectivity index (χ1) is 12.0. The zero-order chi connectivity index (χ0) is 17.9. The van der Waals surface area contributed by atoms with Crippen molar-refractivity contribution >= 4 is 11.9 Å². The Morgan fingerprint density at radius 3 is 2.00 bits per heavy atom. The molecule has 0 bridgehead atoms. The molecule has 25 heavy (non-hydrogen) atoms. The molecular weight excluding hydrogens is 324 g/mol. The average molecular weight is 348 g/mol. The summed E-state index contributed by atoms with van der Waals surface area (Å²) in [6.07, 6.45) is 0.898. The molecular formula is C19H24O6. The van der Waals surface area contributed by atoms with Crippen molar-refractivity contribution in [3.8, 4) is 0 Å². The molecule has 6 heteroatoms. The van der Waals surface area contributed by atoms with E-state index >= 15 is 0 Å². The lowest BCUT2D eigenvalue weighted by molar-refractivity contribution is -0.140. The van der Waals surface area contributed by atoms with Crippen molar-refractivity contribution in [3.63, 3.8) is 0 Å². The molecule has 0 unspecified atom stereocenters. The van der Waals surface area contributed by atoms with Gasteiger partial charge in [0.15, 0.2) is 0 Å². The van der Waals surface area contributed by atoms with E-state index in [4.69, 9.17) is 18.9 Å². The number of hydrogen-bond acceptors (Lipinski definition) is 6. The highest BCUT2D eigenvalue weighted by Crippen LogP contribution is 2.31. The van der Waals surface area contributed by atoms with Crippen LogP contribution in [0.3, 0.4) is 0 Å². The molecule has 2 aliphatic rings. The Hall–Kier alpha value is -1.92. The molecule has 0 aliphatic carbocycles. The molecule has 2 heterocycles. The summed E-state index contributed by atoms with van der Waals surface area (Å²) >= 11 is 0. The summed E-state index contributed by atoms with van der Waals surface area (Å²) in [6.45, 7) is 7.11. The number of rotatable bonds is 7. The van der Waals surface area contributed by atoms with Crippen LogP contribution in [0.25, 0.3) is 0 Å². The van der Waals surface area contributed by atoms with E-state index < -0.39 is 11.9 Å². The molecule has 2 fully saturated rings. The van der Waals surface area contributed by atoms with E-state index in [2.05, 4.69) is 6.92 Å². The molecule has 2 aliphatic heterocycles. The quantitative estimate of drug-likeness (QED) is 0.705. The Kier molecular flexibility index (Phi) is 5.11. The predicted octanol–water partition coefficient (Wildman–Crippen LogP) is 2.46. The molecule has 1 aromatic carbocycles. The molecule has 136 valence electrons. The molecule has 0 spiro atoms. The standard InChI is InChI=1S/C19H24O6/c1-3-19(11-23-12-19)13-25-17(21)15-6-4-5-14(7-15)16(20)24-10-18(2)8-22-9-18/h4-7H,3,8-13H2,1-2H3. The molecule has 2 saturated heterocycles. The maximum Gasteiger partial charge on any atom is 0.338 e. The summed E-state index contributed by atoms with van der Waals surface area (Å²) in [7, 11) is 0. The van der Waals surface area contributed by atoms with E-state index in [1.165, 1.54) is 6.07 Å². The van der Waals surface area contributed by atoms with Crippen LogP contribution >= 0.6 is 0 Å². The Labute approximate surface area is 147 Å². The van der Waals surface area contributed by atoms with Gasteiger partial charge in [0.25, 0.3) is 0 Å². The lowest BCUT2D eigenvalue weighted by Crippen LogP contribution is -2.46. The van der Waals surface area contributed by atoms with Crippen molar-refractivity contribution in [1.82, 2.24) is 0 Å². The summed E-state index contributed by atoms with van der Waals surface area (Å²) in [4.78, 5) is 24.5. The lowest BCUT2D eigenvalue weighted by Gasteiger charge is -2.39. The highest BCUT2D eigenvalue weighted by atomic mass is 16.6. The summed E-state index contributed by atoms with van der Waals surface area (Å²) in [5, 5.41) is 0. The third kappa shape index (κ3) is 4.02. The SMILES string of the molecule is CCC1(COC(=O)c2cccc(C(=O)OCC3(C)COC3)c2)COC1. The topological polar surface area (TPSA) is 71.1 Å². The first-order valence-corrected chi connectivity index (χ1v) is 8.55. The molecule has 0 saturated carbocycles. The van der Waals surface area contributed by atoms with Gasteiger partial charge in [0.2, 0.25) is 0 Å². The van der Waals surface area contributed by atoms with E-state index in [0.29, 0.717) is 50.8 Å². The van der Waals surface area contributed by atoms with Crippen LogP contribution in [-0.2, 0) is 18.9 Å².